The molecule has 9 heavy (non-hydrogen) atoms. The molecule has 2 rings (SSSR count). The average Bonchev–Trinajstić information content (AvgIpc) is 2.22. The first-order chi connectivity index (χ1) is 4.36. The van der Waals surface area contributed by atoms with Gasteiger partial charge in [-0.1, -0.05) is 0 Å². The van der Waals surface area contributed by atoms with Crippen molar-refractivity contribution in [3.05, 3.63) is 0 Å². The maximum absolute atomic E-state index is 5.63. The third-order valence-electron chi connectivity index (χ3n) is 2.42. The van der Waals surface area contributed by atoms with Gasteiger partial charge in [0.15, 0.2) is 7.98 Å². The van der Waals surface area contributed by atoms with Crippen LogP contribution in [-0.4, -0.2) is 39.0 Å². The summed E-state index contributed by atoms with van der Waals surface area (Å²) in [6, 6.07) is 0. The van der Waals surface area contributed by atoms with Gasteiger partial charge in [0.2, 0.25) is 0 Å². The fourth-order valence-corrected chi connectivity index (χ4v) is 1.89. The molecule has 48 valence electrons. The molecule has 0 aromatic rings. The van der Waals surface area contributed by atoms with Crippen molar-refractivity contribution in [3.8, 4) is 0 Å². The lowest BCUT2D eigenvalue weighted by atomic mass is 10.0. The van der Waals surface area contributed by atoms with Crippen LogP contribution in [0.1, 0.15) is 0 Å². The first-order valence-corrected chi connectivity index (χ1v) is 3.56. The molecule has 1 unspecified atom stereocenters. The van der Waals surface area contributed by atoms with E-state index in [1.54, 1.807) is 0 Å². The van der Waals surface area contributed by atoms with Gasteiger partial charge in [0, 0.05) is 0 Å². The number of fused-ring (bicyclic) bond motifs is 1. The molecule has 1 N–H and O–H groups in total. The van der Waals surface area contributed by atoms with Crippen LogP contribution < -0.4 is 5.32 Å². The van der Waals surface area contributed by atoms with Crippen molar-refractivity contribution in [3.63, 3.8) is 0 Å². The van der Waals surface area contributed by atoms with E-state index in [-0.39, 0.29) is 0 Å². The minimum absolute atomic E-state index is 0.843. The molecule has 0 bridgehead atoms. The summed E-state index contributed by atoms with van der Waals surface area (Å²) in [6.07, 6.45) is 0. The van der Waals surface area contributed by atoms with Crippen LogP contribution in [0.25, 0.3) is 0 Å². The van der Waals surface area contributed by atoms with Crippen LogP contribution in [0.5, 0.6) is 0 Å². The van der Waals surface area contributed by atoms with Gasteiger partial charge < -0.3 is 10.1 Å². The zero-order valence-corrected chi connectivity index (χ0v) is 5.51. The monoisotopic (exact) mass is 122 g/mol. The molecule has 0 aromatic carbocycles. The Bertz CT molecular complexity index is 106. The standard InChI is InChI=1S/C6H11BN2/c7-9-3-5-1-8-2-6(5)4-9/h5-6,8H,1-4H2/t5-,6?/m1/s1. The molecule has 2 aliphatic rings. The van der Waals surface area contributed by atoms with E-state index in [0.717, 1.165) is 24.9 Å². The smallest absolute Gasteiger partial charge is 0.182 e. The minimum Gasteiger partial charge on any atom is -0.353 e. The van der Waals surface area contributed by atoms with Crippen molar-refractivity contribution in [2.45, 2.75) is 0 Å². The molecule has 2 nitrogen and oxygen atoms in total. The fraction of sp³-hybridized carbons (Fsp3) is 1.00. The third-order valence-corrected chi connectivity index (χ3v) is 2.42. The van der Waals surface area contributed by atoms with Crippen molar-refractivity contribution >= 4 is 7.98 Å². The molecule has 2 aliphatic heterocycles. The van der Waals surface area contributed by atoms with Crippen molar-refractivity contribution < 1.29 is 0 Å². The second-order valence-electron chi connectivity index (χ2n) is 3.13. The van der Waals surface area contributed by atoms with E-state index in [4.69, 9.17) is 7.98 Å². The molecule has 3 heteroatoms. The van der Waals surface area contributed by atoms with Crippen LogP contribution in [0.15, 0.2) is 0 Å². The Morgan fingerprint density at radius 1 is 1.22 bits per heavy atom. The first kappa shape index (κ1) is 5.75. The number of rotatable bonds is 0. The molecule has 2 radical (unpaired) electrons. The van der Waals surface area contributed by atoms with Crippen LogP contribution >= 0.6 is 0 Å². The molecular formula is C6H11BN2. The molecule has 0 aliphatic carbocycles. The SMILES string of the molecule is [B]N1CC2CNC[C@@H]2C1. The van der Waals surface area contributed by atoms with E-state index >= 15 is 0 Å². The molecule has 2 saturated heterocycles. The van der Waals surface area contributed by atoms with Gasteiger partial charge in [0.1, 0.15) is 0 Å². The normalized spacial score (nSPS) is 43.6. The molecule has 2 atom stereocenters. The van der Waals surface area contributed by atoms with E-state index in [0.29, 0.717) is 0 Å². The highest BCUT2D eigenvalue weighted by atomic mass is 15.1. The molecular weight excluding hydrogens is 111 g/mol. The minimum atomic E-state index is 0.843. The lowest BCUT2D eigenvalue weighted by Crippen LogP contribution is -2.22. The van der Waals surface area contributed by atoms with Gasteiger partial charge in [-0.2, -0.15) is 0 Å². The first-order valence-electron chi connectivity index (χ1n) is 3.56. The van der Waals surface area contributed by atoms with Crippen LogP contribution in [0.4, 0.5) is 0 Å². The van der Waals surface area contributed by atoms with Gasteiger partial charge in [0.25, 0.3) is 0 Å². The number of nitrogens with one attached hydrogen (secondary N) is 1. The van der Waals surface area contributed by atoms with Gasteiger partial charge in [0.05, 0.1) is 0 Å². The second kappa shape index (κ2) is 1.99. The summed E-state index contributed by atoms with van der Waals surface area (Å²) >= 11 is 0. The van der Waals surface area contributed by atoms with Crippen LogP contribution in [-0.2, 0) is 0 Å². The van der Waals surface area contributed by atoms with E-state index in [9.17, 15) is 0 Å². The summed E-state index contributed by atoms with van der Waals surface area (Å²) in [5, 5.41) is 3.36. The highest BCUT2D eigenvalue weighted by molar-refractivity contribution is 6.04. The Hall–Kier alpha value is -0.0151. The van der Waals surface area contributed by atoms with Gasteiger partial charge in [-0.3, -0.25) is 0 Å². The maximum Gasteiger partial charge on any atom is 0.182 e. The predicted molar refractivity (Wildman–Crippen MR) is 37.2 cm³/mol. The highest BCUT2D eigenvalue weighted by Crippen LogP contribution is 2.24. The second-order valence-corrected chi connectivity index (χ2v) is 3.13. The molecule has 0 aromatic heterocycles. The third kappa shape index (κ3) is 0.884. The molecule has 2 fully saturated rings. The highest BCUT2D eigenvalue weighted by Gasteiger charge is 2.33. The molecule has 2 heterocycles. The zero-order chi connectivity index (χ0) is 6.27. The lowest BCUT2D eigenvalue weighted by molar-refractivity contribution is 0.504. The summed E-state index contributed by atoms with van der Waals surface area (Å²) in [5.41, 5.74) is 0. The Kier molecular flexibility index (Phi) is 1.27. The van der Waals surface area contributed by atoms with E-state index in [1.807, 2.05) is 4.81 Å². The lowest BCUT2D eigenvalue weighted by Gasteiger charge is -2.07. The van der Waals surface area contributed by atoms with E-state index in [2.05, 4.69) is 5.32 Å². The Labute approximate surface area is 57.0 Å². The van der Waals surface area contributed by atoms with Gasteiger partial charge >= 0.3 is 0 Å². The summed E-state index contributed by atoms with van der Waals surface area (Å²) in [6.45, 7) is 4.55. The average molecular weight is 122 g/mol. The van der Waals surface area contributed by atoms with Gasteiger partial charge in [-0.25, -0.2) is 0 Å². The van der Waals surface area contributed by atoms with Gasteiger partial charge in [-0.05, 0) is 38.0 Å². The summed E-state index contributed by atoms with van der Waals surface area (Å²) < 4.78 is 0. The largest absolute Gasteiger partial charge is 0.353 e. The molecule has 0 spiro atoms. The Balaban J connectivity index is 2.02. The van der Waals surface area contributed by atoms with E-state index in [1.165, 1.54) is 13.1 Å². The van der Waals surface area contributed by atoms with Crippen LogP contribution in [0.2, 0.25) is 0 Å². The number of hydrogen-bond acceptors (Lipinski definition) is 2. The van der Waals surface area contributed by atoms with Crippen molar-refractivity contribution in [2.75, 3.05) is 26.2 Å². The number of hydrogen-bond donors (Lipinski definition) is 1. The van der Waals surface area contributed by atoms with E-state index < -0.39 is 0 Å². The van der Waals surface area contributed by atoms with Crippen molar-refractivity contribution in [1.29, 1.82) is 0 Å². The molecule has 0 saturated carbocycles. The van der Waals surface area contributed by atoms with Crippen LogP contribution in [0, 0.1) is 11.8 Å². The fourth-order valence-electron chi connectivity index (χ4n) is 1.89. The maximum atomic E-state index is 5.63. The summed E-state index contributed by atoms with van der Waals surface area (Å²) in [7, 11) is 5.63. The zero-order valence-electron chi connectivity index (χ0n) is 5.51. The van der Waals surface area contributed by atoms with Crippen LogP contribution in [0.3, 0.4) is 0 Å². The number of nitrogens with zero attached hydrogens (tertiary/aromatic N) is 1. The predicted octanol–water partition coefficient (Wildman–Crippen LogP) is -0.779. The topological polar surface area (TPSA) is 15.3 Å². The quantitative estimate of drug-likeness (QED) is 0.424. The van der Waals surface area contributed by atoms with Gasteiger partial charge in [-0.15, -0.1) is 0 Å². The Morgan fingerprint density at radius 3 is 2.33 bits per heavy atom. The summed E-state index contributed by atoms with van der Waals surface area (Å²) in [5.74, 6) is 1.69. The van der Waals surface area contributed by atoms with Crippen molar-refractivity contribution in [1.82, 2.24) is 10.1 Å². The van der Waals surface area contributed by atoms with Crippen molar-refractivity contribution in [2.24, 2.45) is 11.8 Å². The summed E-state index contributed by atoms with van der Waals surface area (Å²) in [4.78, 5) is 1.94. The molecule has 0 amide bonds. The Morgan fingerprint density at radius 2 is 1.78 bits per heavy atom.